The first-order valence-corrected chi connectivity index (χ1v) is 9.38. The predicted octanol–water partition coefficient (Wildman–Crippen LogP) is 3.03. The van der Waals surface area contributed by atoms with Crippen molar-refractivity contribution in [1.82, 2.24) is 4.90 Å². The molecule has 7 heteroatoms. The van der Waals surface area contributed by atoms with Gasteiger partial charge >= 0.3 is 0 Å². The molecule has 3 N–H and O–H groups in total. The Morgan fingerprint density at radius 3 is 2.29 bits per heavy atom. The molecule has 1 atom stereocenters. The lowest BCUT2D eigenvalue weighted by Gasteiger charge is -2.28. The van der Waals surface area contributed by atoms with Gasteiger partial charge in [-0.1, -0.05) is 30.3 Å². The molecule has 2 aromatic carbocycles. The third-order valence-electron chi connectivity index (χ3n) is 3.98. The zero-order valence-electron chi connectivity index (χ0n) is 13.9. The Balaban J connectivity index is 2.12. The van der Waals surface area contributed by atoms with Gasteiger partial charge in [0, 0.05) is 12.7 Å². The summed E-state index contributed by atoms with van der Waals surface area (Å²) in [5, 5.41) is 8.95. The zero-order valence-corrected chi connectivity index (χ0v) is 15.5. The number of anilines is 1. The van der Waals surface area contributed by atoms with E-state index >= 15 is 0 Å². The van der Waals surface area contributed by atoms with E-state index in [0.29, 0.717) is 5.11 Å². The number of rotatable bonds is 4. The zero-order chi connectivity index (χ0) is 17.9. The summed E-state index contributed by atoms with van der Waals surface area (Å²) in [5.74, 6) is 0. The van der Waals surface area contributed by atoms with Crippen molar-refractivity contribution in [3.05, 3.63) is 59.7 Å². The lowest BCUT2D eigenvalue weighted by atomic mass is 10.1. The van der Waals surface area contributed by atoms with Crippen molar-refractivity contribution in [3.63, 3.8) is 0 Å². The van der Waals surface area contributed by atoms with Crippen LogP contribution in [0.15, 0.2) is 53.4 Å². The van der Waals surface area contributed by atoms with E-state index in [1.165, 1.54) is 12.1 Å². The predicted molar refractivity (Wildman–Crippen MR) is 101 cm³/mol. The van der Waals surface area contributed by atoms with Crippen LogP contribution in [0.5, 0.6) is 0 Å². The van der Waals surface area contributed by atoms with Crippen LogP contribution in [0.25, 0.3) is 0 Å². The minimum Gasteiger partial charge on any atom is -0.345 e. The number of para-hydroxylation sites is 1. The molecular formula is C17H21N3O2S2. The third-order valence-corrected chi connectivity index (χ3v) is 5.30. The maximum atomic E-state index is 11.3. The van der Waals surface area contributed by atoms with Crippen LogP contribution in [0, 0.1) is 6.92 Å². The van der Waals surface area contributed by atoms with E-state index in [1.807, 2.05) is 50.1 Å². The van der Waals surface area contributed by atoms with Gasteiger partial charge < -0.3 is 10.2 Å². The fourth-order valence-corrected chi connectivity index (χ4v) is 3.04. The Labute approximate surface area is 148 Å². The van der Waals surface area contributed by atoms with E-state index in [4.69, 9.17) is 17.4 Å². The Hall–Kier alpha value is -1.96. The van der Waals surface area contributed by atoms with Gasteiger partial charge in [-0.15, -0.1) is 0 Å². The summed E-state index contributed by atoms with van der Waals surface area (Å²) in [6.07, 6.45) is 0. The maximum Gasteiger partial charge on any atom is 0.238 e. The first kappa shape index (κ1) is 18.4. The molecule has 0 aliphatic carbocycles. The van der Waals surface area contributed by atoms with Crippen molar-refractivity contribution in [3.8, 4) is 0 Å². The number of sulfonamides is 1. The number of thiocarbonyl (C=S) groups is 1. The first-order chi connectivity index (χ1) is 11.2. The van der Waals surface area contributed by atoms with Crippen LogP contribution in [-0.2, 0) is 10.0 Å². The van der Waals surface area contributed by atoms with Gasteiger partial charge in [0.15, 0.2) is 5.11 Å². The highest BCUT2D eigenvalue weighted by molar-refractivity contribution is 7.89. The molecule has 0 amide bonds. The van der Waals surface area contributed by atoms with Crippen molar-refractivity contribution in [2.45, 2.75) is 24.8 Å². The molecule has 0 heterocycles. The maximum absolute atomic E-state index is 11.3. The second-order valence-electron chi connectivity index (χ2n) is 5.65. The number of nitrogens with zero attached hydrogens (tertiary/aromatic N) is 1. The molecule has 2 rings (SSSR count). The van der Waals surface area contributed by atoms with Gasteiger partial charge in [0.25, 0.3) is 0 Å². The smallest absolute Gasteiger partial charge is 0.238 e. The number of hydrogen-bond acceptors (Lipinski definition) is 3. The van der Waals surface area contributed by atoms with Gasteiger partial charge in [-0.2, -0.15) is 0 Å². The molecule has 5 nitrogen and oxygen atoms in total. The van der Waals surface area contributed by atoms with E-state index in [-0.39, 0.29) is 10.9 Å². The average Bonchev–Trinajstić information content (AvgIpc) is 2.55. The molecular weight excluding hydrogens is 342 g/mol. The standard InChI is InChI=1S/C17H21N3O2S2/c1-12-6-4-5-7-16(12)19-17(23)20(3)13(2)14-8-10-15(11-9-14)24(18,21)22/h4-11,13H,1-3H3,(H,19,23)(H2,18,21,22)/t13-/m1/s1. The van der Waals surface area contributed by atoms with Crippen molar-refractivity contribution in [2.24, 2.45) is 5.14 Å². The van der Waals surface area contributed by atoms with Gasteiger partial charge in [0.1, 0.15) is 0 Å². The highest BCUT2D eigenvalue weighted by Crippen LogP contribution is 2.22. The molecule has 24 heavy (non-hydrogen) atoms. The quantitative estimate of drug-likeness (QED) is 0.817. The highest BCUT2D eigenvalue weighted by atomic mass is 32.2. The summed E-state index contributed by atoms with van der Waals surface area (Å²) in [5.41, 5.74) is 3.02. The Morgan fingerprint density at radius 1 is 1.17 bits per heavy atom. The van der Waals surface area contributed by atoms with Gasteiger partial charge in [-0.25, -0.2) is 13.6 Å². The van der Waals surface area contributed by atoms with E-state index in [2.05, 4.69) is 5.32 Å². The van der Waals surface area contributed by atoms with Crippen LogP contribution in [0.3, 0.4) is 0 Å². The topological polar surface area (TPSA) is 75.4 Å². The summed E-state index contributed by atoms with van der Waals surface area (Å²) in [6.45, 7) is 4.01. The molecule has 0 spiro atoms. The van der Waals surface area contributed by atoms with Gasteiger partial charge in [0.05, 0.1) is 10.9 Å². The normalized spacial score (nSPS) is 12.5. The van der Waals surface area contributed by atoms with Gasteiger partial charge in [-0.05, 0) is 55.4 Å². The number of aryl methyl sites for hydroxylation is 1. The molecule has 0 aliphatic rings. The molecule has 0 aromatic heterocycles. The van der Waals surface area contributed by atoms with Crippen LogP contribution in [0.4, 0.5) is 5.69 Å². The van der Waals surface area contributed by atoms with Crippen LogP contribution in [0.1, 0.15) is 24.1 Å². The van der Waals surface area contributed by atoms with E-state index in [9.17, 15) is 8.42 Å². The lowest BCUT2D eigenvalue weighted by molar-refractivity contribution is 0.408. The molecule has 0 aliphatic heterocycles. The minimum atomic E-state index is -3.68. The SMILES string of the molecule is Cc1ccccc1NC(=S)N(C)[C@H](C)c1ccc(S(N)(=O)=O)cc1. The van der Waals surface area contributed by atoms with Crippen LogP contribution in [-0.4, -0.2) is 25.5 Å². The van der Waals surface area contributed by atoms with Crippen molar-refractivity contribution in [2.75, 3.05) is 12.4 Å². The molecule has 0 saturated heterocycles. The van der Waals surface area contributed by atoms with Crippen LogP contribution < -0.4 is 10.5 Å². The van der Waals surface area contributed by atoms with Gasteiger partial charge in [-0.3, -0.25) is 0 Å². The summed E-state index contributed by atoms with van der Waals surface area (Å²) < 4.78 is 22.7. The third kappa shape index (κ3) is 4.31. The van der Waals surface area contributed by atoms with Crippen molar-refractivity contribution in [1.29, 1.82) is 0 Å². The molecule has 0 saturated carbocycles. The fourth-order valence-electron chi connectivity index (χ4n) is 2.25. The summed E-state index contributed by atoms with van der Waals surface area (Å²) in [7, 11) is -1.78. The first-order valence-electron chi connectivity index (χ1n) is 7.42. The van der Waals surface area contributed by atoms with E-state index in [1.54, 1.807) is 12.1 Å². The second-order valence-corrected chi connectivity index (χ2v) is 7.59. The molecule has 0 fully saturated rings. The summed E-state index contributed by atoms with van der Waals surface area (Å²) >= 11 is 5.48. The number of nitrogens with one attached hydrogen (secondary N) is 1. The molecule has 0 bridgehead atoms. The molecule has 0 unspecified atom stereocenters. The van der Waals surface area contributed by atoms with E-state index in [0.717, 1.165) is 16.8 Å². The highest BCUT2D eigenvalue weighted by Gasteiger charge is 2.16. The minimum absolute atomic E-state index is 0.0245. The summed E-state index contributed by atoms with van der Waals surface area (Å²) in [4.78, 5) is 2.02. The molecule has 128 valence electrons. The van der Waals surface area contributed by atoms with Crippen LogP contribution >= 0.6 is 12.2 Å². The van der Waals surface area contributed by atoms with Crippen molar-refractivity contribution < 1.29 is 8.42 Å². The lowest BCUT2D eigenvalue weighted by Crippen LogP contribution is -2.33. The monoisotopic (exact) mass is 363 g/mol. The fraction of sp³-hybridized carbons (Fsp3) is 0.235. The average molecular weight is 364 g/mol. The number of primary sulfonamides is 1. The van der Waals surface area contributed by atoms with Crippen LogP contribution in [0.2, 0.25) is 0 Å². The number of benzene rings is 2. The second kappa shape index (κ2) is 7.29. The largest absolute Gasteiger partial charge is 0.345 e. The number of hydrogen-bond donors (Lipinski definition) is 2. The molecule has 0 radical (unpaired) electrons. The Kier molecular flexibility index (Phi) is 5.58. The molecule has 2 aromatic rings. The van der Waals surface area contributed by atoms with E-state index < -0.39 is 10.0 Å². The van der Waals surface area contributed by atoms with Gasteiger partial charge in [0.2, 0.25) is 10.0 Å². The number of nitrogens with two attached hydrogens (primary N) is 1. The Morgan fingerprint density at radius 2 is 1.75 bits per heavy atom. The Bertz CT molecular complexity index is 833. The van der Waals surface area contributed by atoms with Crippen molar-refractivity contribution >= 4 is 33.0 Å². The summed E-state index contributed by atoms with van der Waals surface area (Å²) in [6, 6.07) is 14.4.